The summed E-state index contributed by atoms with van der Waals surface area (Å²) in [7, 11) is 0. The molecule has 1 aromatic heterocycles. The number of nitrogens with zero attached hydrogens (tertiary/aromatic N) is 1. The average Bonchev–Trinajstić information content (AvgIpc) is 2.82. The third-order valence-electron chi connectivity index (χ3n) is 2.90. The lowest BCUT2D eigenvalue weighted by Crippen LogP contribution is -2.10. The average molecular weight is 286 g/mol. The molecule has 0 saturated heterocycles. The molecule has 0 atom stereocenters. The second kappa shape index (κ2) is 4.86. The monoisotopic (exact) mass is 285 g/mol. The van der Waals surface area contributed by atoms with Crippen LogP contribution in [0.1, 0.15) is 5.56 Å². The van der Waals surface area contributed by atoms with Crippen molar-refractivity contribution in [2.75, 3.05) is 5.32 Å². The Kier molecular flexibility index (Phi) is 3.04. The first-order valence-electron chi connectivity index (χ1n) is 5.98. The van der Waals surface area contributed by atoms with E-state index in [1.807, 2.05) is 18.2 Å². The molecule has 20 heavy (non-hydrogen) atoms. The highest BCUT2D eigenvalue weighted by molar-refractivity contribution is 6.30. The standard InChI is InChI=1S/C14H12ClN5/c15-9-2-4-10(5-3-9)18-14-19-11-6-1-8(13(16)17)7-12(11)20-14/h1-7H,(H3,16,17)(H2,18,19,20). The van der Waals surface area contributed by atoms with Crippen molar-refractivity contribution in [3.8, 4) is 0 Å². The van der Waals surface area contributed by atoms with Crippen LogP contribution < -0.4 is 11.1 Å². The number of amidine groups is 1. The molecule has 5 nitrogen and oxygen atoms in total. The van der Waals surface area contributed by atoms with E-state index in [2.05, 4.69) is 15.3 Å². The predicted molar refractivity (Wildman–Crippen MR) is 81.8 cm³/mol. The number of nitrogens with two attached hydrogens (primary N) is 1. The number of halogens is 1. The number of hydrogen-bond acceptors (Lipinski definition) is 3. The molecule has 3 aromatic rings. The highest BCUT2D eigenvalue weighted by atomic mass is 35.5. The fourth-order valence-corrected chi connectivity index (χ4v) is 2.03. The summed E-state index contributed by atoms with van der Waals surface area (Å²) < 4.78 is 0. The fraction of sp³-hybridized carbons (Fsp3) is 0. The highest BCUT2D eigenvalue weighted by Gasteiger charge is 2.05. The van der Waals surface area contributed by atoms with E-state index < -0.39 is 0 Å². The number of fused-ring (bicyclic) bond motifs is 1. The normalized spacial score (nSPS) is 10.7. The number of nitrogen functional groups attached to an aromatic ring is 1. The number of benzene rings is 2. The van der Waals surface area contributed by atoms with E-state index in [0.717, 1.165) is 16.7 Å². The van der Waals surface area contributed by atoms with Crippen molar-refractivity contribution >= 4 is 40.1 Å². The molecule has 0 amide bonds. The van der Waals surface area contributed by atoms with Crippen LogP contribution in [-0.2, 0) is 0 Å². The zero-order valence-corrected chi connectivity index (χ0v) is 11.2. The van der Waals surface area contributed by atoms with Gasteiger partial charge in [-0.05, 0) is 42.5 Å². The molecule has 100 valence electrons. The quantitative estimate of drug-likeness (QED) is 0.440. The summed E-state index contributed by atoms with van der Waals surface area (Å²) in [5.74, 6) is 0.664. The van der Waals surface area contributed by atoms with E-state index in [0.29, 0.717) is 16.5 Å². The van der Waals surface area contributed by atoms with E-state index in [9.17, 15) is 0 Å². The maximum Gasteiger partial charge on any atom is 0.205 e. The molecule has 5 N–H and O–H groups in total. The number of aromatic amines is 1. The Labute approximate surface area is 120 Å². The van der Waals surface area contributed by atoms with Gasteiger partial charge in [-0.15, -0.1) is 0 Å². The Morgan fingerprint density at radius 1 is 1.20 bits per heavy atom. The van der Waals surface area contributed by atoms with Crippen molar-refractivity contribution in [3.05, 3.63) is 53.1 Å². The van der Waals surface area contributed by atoms with Gasteiger partial charge < -0.3 is 16.0 Å². The van der Waals surface area contributed by atoms with Crippen LogP contribution in [0.25, 0.3) is 11.0 Å². The summed E-state index contributed by atoms with van der Waals surface area (Å²) in [5.41, 5.74) is 8.66. The second-order valence-electron chi connectivity index (χ2n) is 4.36. The van der Waals surface area contributed by atoms with Crippen molar-refractivity contribution in [2.24, 2.45) is 5.73 Å². The molecular weight excluding hydrogens is 274 g/mol. The van der Waals surface area contributed by atoms with Crippen LogP contribution >= 0.6 is 11.6 Å². The maximum atomic E-state index is 7.43. The maximum absolute atomic E-state index is 7.43. The number of rotatable bonds is 3. The Morgan fingerprint density at radius 2 is 1.95 bits per heavy atom. The van der Waals surface area contributed by atoms with Crippen LogP contribution in [0, 0.1) is 5.41 Å². The van der Waals surface area contributed by atoms with E-state index in [-0.39, 0.29) is 5.84 Å². The third kappa shape index (κ3) is 2.44. The summed E-state index contributed by atoms with van der Waals surface area (Å²) in [4.78, 5) is 7.57. The first kappa shape index (κ1) is 12.5. The number of nitrogens with one attached hydrogen (secondary N) is 3. The Hall–Kier alpha value is -2.53. The van der Waals surface area contributed by atoms with E-state index >= 15 is 0 Å². The SMILES string of the molecule is N=C(N)c1ccc2nc(Nc3ccc(Cl)cc3)[nH]c2c1. The predicted octanol–water partition coefficient (Wildman–Crippen LogP) is 3.24. The minimum absolute atomic E-state index is 0.0358. The number of anilines is 2. The largest absolute Gasteiger partial charge is 0.384 e. The van der Waals surface area contributed by atoms with Crippen LogP contribution in [0.2, 0.25) is 5.02 Å². The van der Waals surface area contributed by atoms with Crippen molar-refractivity contribution in [1.82, 2.24) is 9.97 Å². The molecule has 6 heteroatoms. The summed E-state index contributed by atoms with van der Waals surface area (Å²) in [5, 5.41) is 11.3. The Bertz CT molecular complexity index is 776. The fourth-order valence-electron chi connectivity index (χ4n) is 1.91. The van der Waals surface area contributed by atoms with Gasteiger partial charge in [0.2, 0.25) is 5.95 Å². The molecule has 0 radical (unpaired) electrons. The highest BCUT2D eigenvalue weighted by Crippen LogP contribution is 2.20. The molecule has 0 spiro atoms. The minimum atomic E-state index is 0.0358. The lowest BCUT2D eigenvalue weighted by atomic mass is 10.2. The topological polar surface area (TPSA) is 90.6 Å². The van der Waals surface area contributed by atoms with Crippen LogP contribution in [0.5, 0.6) is 0 Å². The van der Waals surface area contributed by atoms with Gasteiger partial charge in [-0.2, -0.15) is 0 Å². The van der Waals surface area contributed by atoms with Crippen molar-refractivity contribution in [1.29, 1.82) is 5.41 Å². The number of aromatic nitrogens is 2. The van der Waals surface area contributed by atoms with Gasteiger partial charge in [0.05, 0.1) is 11.0 Å². The van der Waals surface area contributed by atoms with E-state index in [1.165, 1.54) is 0 Å². The van der Waals surface area contributed by atoms with Crippen LogP contribution in [0.4, 0.5) is 11.6 Å². The third-order valence-corrected chi connectivity index (χ3v) is 3.15. The summed E-state index contributed by atoms with van der Waals surface area (Å²) in [6.07, 6.45) is 0. The smallest absolute Gasteiger partial charge is 0.205 e. The minimum Gasteiger partial charge on any atom is -0.384 e. The summed E-state index contributed by atoms with van der Waals surface area (Å²) in [6.45, 7) is 0. The lowest BCUT2D eigenvalue weighted by Gasteiger charge is -2.01. The van der Waals surface area contributed by atoms with Gasteiger partial charge in [0.15, 0.2) is 0 Å². The molecule has 0 unspecified atom stereocenters. The van der Waals surface area contributed by atoms with Gasteiger partial charge in [-0.1, -0.05) is 11.6 Å². The molecule has 2 aromatic carbocycles. The van der Waals surface area contributed by atoms with Crippen molar-refractivity contribution in [3.63, 3.8) is 0 Å². The Morgan fingerprint density at radius 3 is 2.65 bits per heavy atom. The number of H-pyrrole nitrogens is 1. The van der Waals surface area contributed by atoms with E-state index in [4.69, 9.17) is 22.7 Å². The molecule has 0 aliphatic carbocycles. The number of hydrogen-bond donors (Lipinski definition) is 4. The molecule has 3 rings (SSSR count). The van der Waals surface area contributed by atoms with E-state index in [1.54, 1.807) is 24.3 Å². The van der Waals surface area contributed by atoms with Gasteiger partial charge in [-0.25, -0.2) is 4.98 Å². The van der Waals surface area contributed by atoms with Crippen LogP contribution in [0.3, 0.4) is 0 Å². The molecular formula is C14H12ClN5. The zero-order valence-electron chi connectivity index (χ0n) is 10.4. The number of imidazole rings is 1. The molecule has 0 aliphatic heterocycles. The molecule has 1 heterocycles. The van der Waals surface area contributed by atoms with Gasteiger partial charge in [0.25, 0.3) is 0 Å². The molecule has 0 bridgehead atoms. The van der Waals surface area contributed by atoms with Gasteiger partial charge in [0, 0.05) is 16.3 Å². The van der Waals surface area contributed by atoms with Gasteiger partial charge in [-0.3, -0.25) is 5.41 Å². The van der Waals surface area contributed by atoms with Crippen LogP contribution in [-0.4, -0.2) is 15.8 Å². The molecule has 0 fully saturated rings. The van der Waals surface area contributed by atoms with Crippen molar-refractivity contribution in [2.45, 2.75) is 0 Å². The Balaban J connectivity index is 1.92. The summed E-state index contributed by atoms with van der Waals surface area (Å²) in [6, 6.07) is 12.8. The van der Waals surface area contributed by atoms with Crippen molar-refractivity contribution < 1.29 is 0 Å². The second-order valence-corrected chi connectivity index (χ2v) is 4.80. The molecule has 0 saturated carbocycles. The zero-order chi connectivity index (χ0) is 14.1. The summed E-state index contributed by atoms with van der Waals surface area (Å²) >= 11 is 5.84. The first-order chi connectivity index (χ1) is 9.61. The van der Waals surface area contributed by atoms with Gasteiger partial charge >= 0.3 is 0 Å². The van der Waals surface area contributed by atoms with Gasteiger partial charge in [0.1, 0.15) is 5.84 Å². The van der Waals surface area contributed by atoms with Crippen LogP contribution in [0.15, 0.2) is 42.5 Å². The molecule has 0 aliphatic rings. The first-order valence-corrected chi connectivity index (χ1v) is 6.36. The lowest BCUT2D eigenvalue weighted by molar-refractivity contribution is 1.31.